The zero-order chi connectivity index (χ0) is 11.4. The lowest BCUT2D eigenvalue weighted by Crippen LogP contribution is -2.08. The molecule has 0 aliphatic heterocycles. The number of aromatic nitrogens is 8. The molecule has 0 spiro atoms. The molecular weight excluding hydrogens is 212 g/mol. The van der Waals surface area contributed by atoms with Gasteiger partial charge in [0.25, 0.3) is 5.95 Å². The summed E-state index contributed by atoms with van der Waals surface area (Å²) in [6.07, 6.45) is 1.74. The van der Waals surface area contributed by atoms with Gasteiger partial charge in [-0.15, -0.1) is 5.10 Å². The Balaban J connectivity index is 1.71. The Morgan fingerprint density at radius 1 is 1.00 bits per heavy atom. The number of nitrogen functional groups attached to an aromatic ring is 2. The topological polar surface area (TPSA) is 139 Å². The van der Waals surface area contributed by atoms with Crippen LogP contribution < -0.4 is 11.5 Å². The van der Waals surface area contributed by atoms with Crippen LogP contribution in [0.1, 0.15) is 12.8 Å². The third-order valence-corrected chi connectivity index (χ3v) is 2.01. The number of anilines is 2. The summed E-state index contributed by atoms with van der Waals surface area (Å²) in [7, 11) is 0. The zero-order valence-electron chi connectivity index (χ0n) is 8.56. The summed E-state index contributed by atoms with van der Waals surface area (Å²) in [5.41, 5.74) is 10.8. The largest absolute Gasteiger partial charge is 0.367 e. The molecule has 4 N–H and O–H groups in total. The van der Waals surface area contributed by atoms with Crippen LogP contribution in [0.15, 0.2) is 0 Å². The van der Waals surface area contributed by atoms with E-state index >= 15 is 0 Å². The number of nitrogens with two attached hydrogens (primary N) is 2. The molecule has 0 saturated heterocycles. The van der Waals surface area contributed by atoms with Crippen molar-refractivity contribution in [3.05, 3.63) is 0 Å². The summed E-state index contributed by atoms with van der Waals surface area (Å²) in [5.74, 6) is 0.507. The first kappa shape index (κ1) is 10.3. The molecule has 0 amide bonds. The van der Waals surface area contributed by atoms with E-state index in [0.717, 1.165) is 12.8 Å². The highest BCUT2D eigenvalue weighted by Crippen LogP contribution is 1.99. The zero-order valence-corrected chi connectivity index (χ0v) is 8.56. The number of tetrazole rings is 2. The van der Waals surface area contributed by atoms with Crippen LogP contribution in [-0.4, -0.2) is 40.4 Å². The van der Waals surface area contributed by atoms with E-state index in [2.05, 4.69) is 30.9 Å². The Bertz CT molecular complexity index is 444. The Hall–Kier alpha value is -2.26. The third kappa shape index (κ3) is 2.40. The van der Waals surface area contributed by atoms with Crippen LogP contribution in [0.4, 0.5) is 11.9 Å². The number of nitrogens with zero attached hydrogens (tertiary/aromatic N) is 8. The minimum atomic E-state index is 0.185. The fraction of sp³-hybridized carbons (Fsp3) is 0.667. The fourth-order valence-corrected chi connectivity index (χ4v) is 1.24. The Labute approximate surface area is 90.6 Å². The van der Waals surface area contributed by atoms with Crippen molar-refractivity contribution in [2.75, 3.05) is 11.5 Å². The first-order chi connectivity index (χ1) is 7.75. The van der Waals surface area contributed by atoms with Gasteiger partial charge in [0.2, 0.25) is 5.95 Å². The van der Waals surface area contributed by atoms with Gasteiger partial charge in [-0.25, -0.2) is 4.68 Å². The van der Waals surface area contributed by atoms with E-state index < -0.39 is 0 Å². The van der Waals surface area contributed by atoms with E-state index in [9.17, 15) is 0 Å². The van der Waals surface area contributed by atoms with E-state index in [1.807, 2.05) is 0 Å². The molecule has 0 saturated carbocycles. The minimum Gasteiger partial charge on any atom is -0.367 e. The average Bonchev–Trinajstić information content (AvgIpc) is 2.83. The van der Waals surface area contributed by atoms with E-state index in [-0.39, 0.29) is 5.95 Å². The van der Waals surface area contributed by atoms with Gasteiger partial charge in [0.15, 0.2) is 0 Å². The molecule has 0 bridgehead atoms. The molecule has 16 heavy (non-hydrogen) atoms. The van der Waals surface area contributed by atoms with Gasteiger partial charge in [-0.1, -0.05) is 10.2 Å². The molecule has 0 aliphatic carbocycles. The van der Waals surface area contributed by atoms with Crippen molar-refractivity contribution in [1.29, 1.82) is 0 Å². The normalized spacial score (nSPS) is 10.8. The highest BCUT2D eigenvalue weighted by molar-refractivity contribution is 5.09. The average molecular weight is 224 g/mol. The van der Waals surface area contributed by atoms with Gasteiger partial charge >= 0.3 is 0 Å². The third-order valence-electron chi connectivity index (χ3n) is 2.01. The predicted molar refractivity (Wildman–Crippen MR) is 53.7 cm³/mol. The Morgan fingerprint density at radius 3 is 2.44 bits per heavy atom. The van der Waals surface area contributed by atoms with Crippen molar-refractivity contribution < 1.29 is 0 Å². The molecule has 86 valence electrons. The number of unbranched alkanes of at least 4 members (excludes halogenated alkanes) is 1. The van der Waals surface area contributed by atoms with E-state index in [4.69, 9.17) is 11.5 Å². The number of aryl methyl sites for hydroxylation is 2. The highest BCUT2D eigenvalue weighted by atomic mass is 15.6. The molecule has 0 fully saturated rings. The summed E-state index contributed by atoms with van der Waals surface area (Å²) in [6, 6.07) is 0. The summed E-state index contributed by atoms with van der Waals surface area (Å²) in [4.78, 5) is 1.46. The number of rotatable bonds is 5. The van der Waals surface area contributed by atoms with Gasteiger partial charge in [-0.2, -0.15) is 4.80 Å². The van der Waals surface area contributed by atoms with Gasteiger partial charge in [0, 0.05) is 6.54 Å². The summed E-state index contributed by atoms with van der Waals surface area (Å²) in [5, 5.41) is 21.9. The van der Waals surface area contributed by atoms with Crippen LogP contribution >= 0.6 is 0 Å². The SMILES string of the molecule is Nc1nnn(CCCCn2nnnc2N)n1. The predicted octanol–water partition coefficient (Wildman–Crippen LogP) is -1.70. The molecule has 2 rings (SSSR count). The highest BCUT2D eigenvalue weighted by Gasteiger charge is 2.01. The van der Waals surface area contributed by atoms with Crippen molar-refractivity contribution in [3.8, 4) is 0 Å². The van der Waals surface area contributed by atoms with Crippen LogP contribution in [0.5, 0.6) is 0 Å². The van der Waals surface area contributed by atoms with Gasteiger partial charge in [-0.3, -0.25) is 0 Å². The monoisotopic (exact) mass is 224 g/mol. The molecule has 0 aromatic carbocycles. The second-order valence-electron chi connectivity index (χ2n) is 3.21. The molecular formula is C6H12N10. The smallest absolute Gasteiger partial charge is 0.260 e. The lowest BCUT2D eigenvalue weighted by Gasteiger charge is -2.00. The maximum absolute atomic E-state index is 5.51. The summed E-state index contributed by atoms with van der Waals surface area (Å²) >= 11 is 0. The molecule has 2 aromatic heterocycles. The van der Waals surface area contributed by atoms with Gasteiger partial charge < -0.3 is 11.5 Å². The van der Waals surface area contributed by atoms with Crippen molar-refractivity contribution in [1.82, 2.24) is 40.4 Å². The molecule has 0 atom stereocenters. The maximum Gasteiger partial charge on any atom is 0.260 e. The van der Waals surface area contributed by atoms with E-state index in [1.54, 1.807) is 4.68 Å². The van der Waals surface area contributed by atoms with Gasteiger partial charge in [-0.05, 0) is 28.5 Å². The van der Waals surface area contributed by atoms with E-state index in [0.29, 0.717) is 19.0 Å². The van der Waals surface area contributed by atoms with Crippen molar-refractivity contribution in [2.45, 2.75) is 25.9 Å². The second-order valence-corrected chi connectivity index (χ2v) is 3.21. The van der Waals surface area contributed by atoms with Crippen LogP contribution in [0.3, 0.4) is 0 Å². The Morgan fingerprint density at radius 2 is 1.81 bits per heavy atom. The molecule has 0 radical (unpaired) electrons. The lowest BCUT2D eigenvalue weighted by atomic mass is 10.3. The van der Waals surface area contributed by atoms with Crippen molar-refractivity contribution >= 4 is 11.9 Å². The van der Waals surface area contributed by atoms with E-state index in [1.165, 1.54) is 4.80 Å². The van der Waals surface area contributed by atoms with Crippen LogP contribution in [0.2, 0.25) is 0 Å². The molecule has 10 nitrogen and oxygen atoms in total. The summed E-state index contributed by atoms with van der Waals surface area (Å²) in [6.45, 7) is 1.33. The minimum absolute atomic E-state index is 0.185. The summed E-state index contributed by atoms with van der Waals surface area (Å²) < 4.78 is 1.54. The van der Waals surface area contributed by atoms with Crippen molar-refractivity contribution in [3.63, 3.8) is 0 Å². The molecule has 0 unspecified atom stereocenters. The number of hydrogen-bond acceptors (Lipinski definition) is 8. The van der Waals surface area contributed by atoms with Crippen LogP contribution in [0.25, 0.3) is 0 Å². The fourth-order valence-electron chi connectivity index (χ4n) is 1.24. The van der Waals surface area contributed by atoms with Crippen LogP contribution in [-0.2, 0) is 13.1 Å². The lowest BCUT2D eigenvalue weighted by molar-refractivity contribution is 0.459. The molecule has 2 heterocycles. The quantitative estimate of drug-likeness (QED) is 0.573. The molecule has 2 aromatic rings. The van der Waals surface area contributed by atoms with Gasteiger partial charge in [0.1, 0.15) is 0 Å². The van der Waals surface area contributed by atoms with Crippen LogP contribution in [0, 0.1) is 0 Å². The molecule has 10 heteroatoms. The Kier molecular flexibility index (Phi) is 2.89. The number of hydrogen-bond donors (Lipinski definition) is 2. The first-order valence-corrected chi connectivity index (χ1v) is 4.80. The van der Waals surface area contributed by atoms with Crippen molar-refractivity contribution in [2.24, 2.45) is 0 Å². The maximum atomic E-state index is 5.51. The second kappa shape index (κ2) is 4.51. The standard InChI is InChI=1S/C6H12N10/c7-5-9-13-16(11-5)4-2-1-3-15-6(8)10-12-14-15/h1-4H2,(H2,7,11)(H2,8,10,14). The van der Waals surface area contributed by atoms with Gasteiger partial charge in [0.05, 0.1) is 6.54 Å². The molecule has 0 aliphatic rings. The first-order valence-electron chi connectivity index (χ1n) is 4.80.